The monoisotopic (exact) mass is 286 g/mol. The Bertz CT molecular complexity index is 576. The molecule has 0 saturated carbocycles. The molecule has 0 aliphatic rings. The minimum atomic E-state index is -0.291. The van der Waals surface area contributed by atoms with Crippen LogP contribution in [0.3, 0.4) is 0 Å². The van der Waals surface area contributed by atoms with Crippen LogP contribution in [0.2, 0.25) is 5.02 Å². The molecule has 2 aromatic rings. The molecule has 0 bridgehead atoms. The maximum absolute atomic E-state index is 12.1. The average molecular weight is 287 g/mol. The third-order valence-electron chi connectivity index (χ3n) is 3.15. The zero-order valence-corrected chi connectivity index (χ0v) is 11.7. The number of Topliss-reactive ketones (excluding diaryl/α,β-unsaturated/α-hetero) is 1. The van der Waals surface area contributed by atoms with E-state index >= 15 is 0 Å². The molecule has 0 spiro atoms. The Balaban J connectivity index is 2.01. The Morgan fingerprint density at radius 2 is 1.70 bits per heavy atom. The molecule has 2 aromatic carbocycles. The molecule has 0 fully saturated rings. The van der Waals surface area contributed by atoms with E-state index < -0.39 is 0 Å². The third kappa shape index (κ3) is 4.04. The summed E-state index contributed by atoms with van der Waals surface area (Å²) in [6, 6.07) is 16.5. The summed E-state index contributed by atoms with van der Waals surface area (Å²) in [5, 5.41) is 0.595. The lowest BCUT2D eigenvalue weighted by Crippen LogP contribution is -2.12. The summed E-state index contributed by atoms with van der Waals surface area (Å²) in [6.07, 6.45) is 1.67. The van der Waals surface area contributed by atoms with Crippen LogP contribution < -0.4 is 0 Å². The molecular weight excluding hydrogens is 272 g/mol. The van der Waals surface area contributed by atoms with E-state index in [0.717, 1.165) is 11.8 Å². The number of carbonyl (C=O) groups is 2. The molecule has 0 saturated heterocycles. The zero-order chi connectivity index (χ0) is 14.4. The van der Waals surface area contributed by atoms with E-state index in [1.165, 1.54) is 0 Å². The van der Waals surface area contributed by atoms with Crippen LogP contribution in [0.25, 0.3) is 0 Å². The van der Waals surface area contributed by atoms with E-state index in [0.29, 0.717) is 17.0 Å². The fourth-order valence-electron chi connectivity index (χ4n) is 2.08. The molecule has 102 valence electrons. The fourth-order valence-corrected chi connectivity index (χ4v) is 2.20. The molecule has 0 amide bonds. The molecule has 2 rings (SSSR count). The number of hydrogen-bond acceptors (Lipinski definition) is 2. The minimum Gasteiger partial charge on any atom is -0.303 e. The summed E-state index contributed by atoms with van der Waals surface area (Å²) >= 11 is 5.79. The quantitative estimate of drug-likeness (QED) is 0.595. The van der Waals surface area contributed by atoms with Crippen molar-refractivity contribution in [1.29, 1.82) is 0 Å². The van der Waals surface area contributed by atoms with Crippen LogP contribution in [-0.2, 0) is 11.2 Å². The highest BCUT2D eigenvalue weighted by atomic mass is 35.5. The van der Waals surface area contributed by atoms with Gasteiger partial charge in [-0.1, -0.05) is 41.9 Å². The number of carbonyl (C=O) groups excluding carboxylic acids is 2. The first-order valence-corrected chi connectivity index (χ1v) is 6.85. The maximum Gasteiger partial charge on any atom is 0.163 e. The first-order chi connectivity index (χ1) is 9.69. The second-order valence-corrected chi connectivity index (χ2v) is 5.16. The van der Waals surface area contributed by atoms with Gasteiger partial charge in [0.1, 0.15) is 6.29 Å². The van der Waals surface area contributed by atoms with Crippen molar-refractivity contribution in [3.05, 3.63) is 70.7 Å². The SMILES string of the molecule is O=C[C@@H](CC(=O)c1ccc(Cl)cc1)Cc1ccccc1. The molecule has 0 N–H and O–H groups in total. The first-order valence-electron chi connectivity index (χ1n) is 6.47. The van der Waals surface area contributed by atoms with Gasteiger partial charge in [-0.2, -0.15) is 0 Å². The number of rotatable bonds is 6. The van der Waals surface area contributed by atoms with Crippen molar-refractivity contribution < 1.29 is 9.59 Å². The molecule has 0 radical (unpaired) electrons. The summed E-state index contributed by atoms with van der Waals surface area (Å²) < 4.78 is 0. The molecule has 3 heteroatoms. The topological polar surface area (TPSA) is 34.1 Å². The van der Waals surface area contributed by atoms with Crippen molar-refractivity contribution in [2.45, 2.75) is 12.8 Å². The number of ketones is 1. The summed E-state index contributed by atoms with van der Waals surface area (Å²) in [5.74, 6) is -0.324. The Morgan fingerprint density at radius 3 is 2.30 bits per heavy atom. The van der Waals surface area contributed by atoms with Gasteiger partial charge in [0, 0.05) is 22.9 Å². The van der Waals surface area contributed by atoms with Gasteiger partial charge in [0.05, 0.1) is 0 Å². The molecule has 0 aliphatic carbocycles. The largest absolute Gasteiger partial charge is 0.303 e. The van der Waals surface area contributed by atoms with Crippen molar-refractivity contribution in [3.63, 3.8) is 0 Å². The van der Waals surface area contributed by atoms with Crippen molar-refractivity contribution in [2.75, 3.05) is 0 Å². The Morgan fingerprint density at radius 1 is 1.05 bits per heavy atom. The molecule has 0 aliphatic heterocycles. The number of hydrogen-bond donors (Lipinski definition) is 0. The van der Waals surface area contributed by atoms with E-state index in [4.69, 9.17) is 11.6 Å². The van der Waals surface area contributed by atoms with Crippen LogP contribution in [0.5, 0.6) is 0 Å². The van der Waals surface area contributed by atoms with Crippen molar-refractivity contribution in [3.8, 4) is 0 Å². The molecular formula is C17H15ClO2. The molecule has 0 unspecified atom stereocenters. The molecule has 0 aromatic heterocycles. The summed E-state index contributed by atoms with van der Waals surface area (Å²) in [6.45, 7) is 0. The van der Waals surface area contributed by atoms with Gasteiger partial charge in [-0.3, -0.25) is 4.79 Å². The Kier molecular flexibility index (Phi) is 5.08. The normalized spacial score (nSPS) is 11.8. The zero-order valence-electron chi connectivity index (χ0n) is 11.0. The van der Waals surface area contributed by atoms with Crippen LogP contribution in [-0.4, -0.2) is 12.1 Å². The van der Waals surface area contributed by atoms with Crippen molar-refractivity contribution >= 4 is 23.7 Å². The van der Waals surface area contributed by atoms with Gasteiger partial charge < -0.3 is 4.79 Å². The number of aldehydes is 1. The number of benzene rings is 2. The van der Waals surface area contributed by atoms with Crippen LogP contribution in [0.4, 0.5) is 0 Å². The summed E-state index contributed by atoms with van der Waals surface area (Å²) in [7, 11) is 0. The average Bonchev–Trinajstić information content (AvgIpc) is 2.48. The predicted molar refractivity (Wildman–Crippen MR) is 80.1 cm³/mol. The van der Waals surface area contributed by atoms with Gasteiger partial charge in [0.2, 0.25) is 0 Å². The molecule has 0 heterocycles. The highest BCUT2D eigenvalue weighted by molar-refractivity contribution is 6.30. The second kappa shape index (κ2) is 7.01. The number of halogens is 1. The van der Waals surface area contributed by atoms with E-state index in [2.05, 4.69) is 0 Å². The van der Waals surface area contributed by atoms with Crippen molar-refractivity contribution in [2.24, 2.45) is 5.92 Å². The predicted octanol–water partition coefficient (Wildman–Crippen LogP) is 3.97. The van der Waals surface area contributed by atoms with Crippen LogP contribution in [0.1, 0.15) is 22.3 Å². The van der Waals surface area contributed by atoms with Gasteiger partial charge in [-0.25, -0.2) is 0 Å². The fraction of sp³-hybridized carbons (Fsp3) is 0.176. The molecule has 1 atom stereocenters. The van der Waals surface area contributed by atoms with Gasteiger partial charge >= 0.3 is 0 Å². The molecule has 20 heavy (non-hydrogen) atoms. The highest BCUT2D eigenvalue weighted by Gasteiger charge is 2.15. The van der Waals surface area contributed by atoms with Gasteiger partial charge in [0.25, 0.3) is 0 Å². The lowest BCUT2D eigenvalue weighted by Gasteiger charge is -2.09. The van der Waals surface area contributed by atoms with Crippen LogP contribution >= 0.6 is 11.6 Å². The van der Waals surface area contributed by atoms with E-state index in [-0.39, 0.29) is 18.1 Å². The standard InChI is InChI=1S/C17H15ClO2/c18-16-8-6-15(7-9-16)17(20)11-14(12-19)10-13-4-2-1-3-5-13/h1-9,12,14H,10-11H2/t14-/m1/s1. The Hall–Kier alpha value is -1.93. The molecule has 2 nitrogen and oxygen atoms in total. The van der Waals surface area contributed by atoms with Crippen LogP contribution in [0.15, 0.2) is 54.6 Å². The summed E-state index contributed by atoms with van der Waals surface area (Å²) in [4.78, 5) is 23.3. The van der Waals surface area contributed by atoms with Gasteiger partial charge in [-0.05, 0) is 36.2 Å². The smallest absolute Gasteiger partial charge is 0.163 e. The second-order valence-electron chi connectivity index (χ2n) is 4.72. The maximum atomic E-state index is 12.1. The van der Waals surface area contributed by atoms with Gasteiger partial charge in [0.15, 0.2) is 5.78 Å². The minimum absolute atomic E-state index is 0.0327. The van der Waals surface area contributed by atoms with E-state index in [1.54, 1.807) is 24.3 Å². The lowest BCUT2D eigenvalue weighted by molar-refractivity contribution is -0.111. The van der Waals surface area contributed by atoms with Crippen LogP contribution in [0, 0.1) is 5.92 Å². The Labute approximate surface area is 123 Å². The van der Waals surface area contributed by atoms with E-state index in [1.807, 2.05) is 30.3 Å². The van der Waals surface area contributed by atoms with Gasteiger partial charge in [-0.15, -0.1) is 0 Å². The van der Waals surface area contributed by atoms with E-state index in [9.17, 15) is 9.59 Å². The van der Waals surface area contributed by atoms with Crippen molar-refractivity contribution in [1.82, 2.24) is 0 Å². The third-order valence-corrected chi connectivity index (χ3v) is 3.40. The summed E-state index contributed by atoms with van der Waals surface area (Å²) in [5.41, 5.74) is 1.66. The first kappa shape index (κ1) is 14.5. The highest BCUT2D eigenvalue weighted by Crippen LogP contribution is 2.16. The lowest BCUT2D eigenvalue weighted by atomic mass is 9.93.